The molecule has 3 aromatic rings. The van der Waals surface area contributed by atoms with Gasteiger partial charge in [-0.25, -0.2) is 4.98 Å². The van der Waals surface area contributed by atoms with E-state index in [2.05, 4.69) is 4.98 Å². The van der Waals surface area contributed by atoms with E-state index in [0.717, 1.165) is 11.1 Å². The van der Waals surface area contributed by atoms with Crippen LogP contribution in [0.2, 0.25) is 15.1 Å². The Labute approximate surface area is 155 Å². The quantitative estimate of drug-likeness (QED) is 0.677. The standard InChI is InChI=1S/C18H15Cl3N2O/c19-15-5-2-14(3-6-15)18(24,11-23-8-7-22-12-23)10-13-1-4-16(20)9-17(13)21/h1-9,12,24H,10-11H2. The summed E-state index contributed by atoms with van der Waals surface area (Å²) in [5.41, 5.74) is 0.410. The van der Waals surface area contributed by atoms with Gasteiger partial charge in [0.15, 0.2) is 0 Å². The number of nitrogens with zero attached hydrogens (tertiary/aromatic N) is 2. The highest BCUT2D eigenvalue weighted by Crippen LogP contribution is 2.32. The molecule has 0 aliphatic heterocycles. The van der Waals surface area contributed by atoms with Crippen molar-refractivity contribution in [2.24, 2.45) is 0 Å². The van der Waals surface area contributed by atoms with Crippen LogP contribution in [0.25, 0.3) is 0 Å². The summed E-state index contributed by atoms with van der Waals surface area (Å²) in [4.78, 5) is 4.04. The number of rotatable bonds is 5. The lowest BCUT2D eigenvalue weighted by Crippen LogP contribution is -2.33. The zero-order valence-electron chi connectivity index (χ0n) is 12.7. The van der Waals surface area contributed by atoms with Crippen molar-refractivity contribution < 1.29 is 5.11 Å². The number of aromatic nitrogens is 2. The minimum atomic E-state index is -1.16. The number of aliphatic hydroxyl groups is 1. The van der Waals surface area contributed by atoms with Crippen LogP contribution < -0.4 is 0 Å². The fraction of sp³-hybridized carbons (Fsp3) is 0.167. The lowest BCUT2D eigenvalue weighted by molar-refractivity contribution is 0.0185. The van der Waals surface area contributed by atoms with Crippen LogP contribution in [0.15, 0.2) is 61.2 Å². The fourth-order valence-corrected chi connectivity index (χ4v) is 3.27. The van der Waals surface area contributed by atoms with Crippen molar-refractivity contribution in [3.63, 3.8) is 0 Å². The lowest BCUT2D eigenvalue weighted by atomic mass is 9.87. The van der Waals surface area contributed by atoms with Gasteiger partial charge in [0, 0.05) is 33.9 Å². The Morgan fingerprint density at radius 2 is 1.71 bits per heavy atom. The number of hydrogen-bond acceptors (Lipinski definition) is 2. The zero-order valence-corrected chi connectivity index (χ0v) is 14.9. The van der Waals surface area contributed by atoms with Crippen molar-refractivity contribution in [2.45, 2.75) is 18.6 Å². The molecule has 1 unspecified atom stereocenters. The first-order valence-electron chi connectivity index (χ1n) is 7.34. The molecular formula is C18H15Cl3N2O. The topological polar surface area (TPSA) is 38.0 Å². The lowest BCUT2D eigenvalue weighted by Gasteiger charge is -2.30. The molecule has 0 saturated carbocycles. The Bertz CT molecular complexity index is 819. The van der Waals surface area contributed by atoms with Gasteiger partial charge in [0.25, 0.3) is 0 Å². The highest BCUT2D eigenvalue weighted by molar-refractivity contribution is 6.35. The van der Waals surface area contributed by atoms with E-state index < -0.39 is 5.60 Å². The summed E-state index contributed by atoms with van der Waals surface area (Å²) >= 11 is 18.2. The molecule has 1 aromatic heterocycles. The van der Waals surface area contributed by atoms with Gasteiger partial charge < -0.3 is 9.67 Å². The van der Waals surface area contributed by atoms with E-state index in [1.165, 1.54) is 0 Å². The van der Waals surface area contributed by atoms with Gasteiger partial charge in [0.05, 0.1) is 12.9 Å². The molecule has 0 amide bonds. The molecule has 6 heteroatoms. The Hall–Kier alpha value is -1.52. The highest BCUT2D eigenvalue weighted by Gasteiger charge is 2.31. The van der Waals surface area contributed by atoms with Gasteiger partial charge in [-0.1, -0.05) is 53.0 Å². The smallest absolute Gasteiger partial charge is 0.112 e. The van der Waals surface area contributed by atoms with Gasteiger partial charge in [-0.05, 0) is 35.4 Å². The Morgan fingerprint density at radius 1 is 1.00 bits per heavy atom. The van der Waals surface area contributed by atoms with Crippen molar-refractivity contribution >= 4 is 34.8 Å². The molecule has 0 saturated heterocycles. The summed E-state index contributed by atoms with van der Waals surface area (Å²) in [5.74, 6) is 0. The molecule has 3 nitrogen and oxygen atoms in total. The van der Waals surface area contributed by atoms with E-state index >= 15 is 0 Å². The van der Waals surface area contributed by atoms with Crippen LogP contribution in [-0.2, 0) is 18.6 Å². The average Bonchev–Trinajstić information content (AvgIpc) is 3.03. The molecule has 0 bridgehead atoms. The molecule has 3 rings (SSSR count). The second kappa shape index (κ2) is 7.16. The van der Waals surface area contributed by atoms with E-state index in [9.17, 15) is 5.11 Å². The maximum atomic E-state index is 11.4. The summed E-state index contributed by atoms with van der Waals surface area (Å²) in [6.45, 7) is 0.341. The summed E-state index contributed by atoms with van der Waals surface area (Å²) in [6, 6.07) is 12.4. The summed E-state index contributed by atoms with van der Waals surface area (Å²) in [6.07, 6.45) is 5.50. The van der Waals surface area contributed by atoms with Gasteiger partial charge in [0.1, 0.15) is 5.60 Å². The molecule has 2 aromatic carbocycles. The largest absolute Gasteiger partial charge is 0.383 e. The first kappa shape index (κ1) is 17.3. The molecule has 0 spiro atoms. The Balaban J connectivity index is 1.99. The first-order valence-corrected chi connectivity index (χ1v) is 8.48. The number of imidazole rings is 1. The van der Waals surface area contributed by atoms with Gasteiger partial charge in [-0.15, -0.1) is 0 Å². The van der Waals surface area contributed by atoms with Crippen LogP contribution in [0.3, 0.4) is 0 Å². The van der Waals surface area contributed by atoms with Gasteiger partial charge >= 0.3 is 0 Å². The second-order valence-electron chi connectivity index (χ2n) is 5.69. The van der Waals surface area contributed by atoms with Crippen LogP contribution in [0.5, 0.6) is 0 Å². The Kier molecular flexibility index (Phi) is 5.16. The minimum absolute atomic E-state index is 0.336. The predicted octanol–water partition coefficient (Wildman–Crippen LogP) is 4.97. The molecule has 0 aliphatic carbocycles. The summed E-state index contributed by atoms with van der Waals surface area (Å²) < 4.78 is 1.83. The third-order valence-corrected chi connectivity index (χ3v) is 4.72. The maximum absolute atomic E-state index is 11.4. The zero-order chi connectivity index (χ0) is 17.2. The molecule has 1 atom stereocenters. The van der Waals surface area contributed by atoms with E-state index in [4.69, 9.17) is 34.8 Å². The van der Waals surface area contributed by atoms with Gasteiger partial charge in [-0.2, -0.15) is 0 Å². The normalized spacial score (nSPS) is 13.7. The van der Waals surface area contributed by atoms with Crippen molar-refractivity contribution in [3.05, 3.63) is 87.4 Å². The van der Waals surface area contributed by atoms with Crippen LogP contribution in [-0.4, -0.2) is 14.7 Å². The van der Waals surface area contributed by atoms with E-state index in [-0.39, 0.29) is 0 Å². The monoisotopic (exact) mass is 380 g/mol. The number of hydrogen-bond donors (Lipinski definition) is 1. The fourth-order valence-electron chi connectivity index (χ4n) is 2.67. The number of benzene rings is 2. The van der Waals surface area contributed by atoms with Crippen molar-refractivity contribution in [3.8, 4) is 0 Å². The summed E-state index contributed by atoms with van der Waals surface area (Å²) in [7, 11) is 0. The van der Waals surface area contributed by atoms with Crippen LogP contribution in [0.1, 0.15) is 11.1 Å². The minimum Gasteiger partial charge on any atom is -0.383 e. The molecule has 0 aliphatic rings. The second-order valence-corrected chi connectivity index (χ2v) is 6.97. The molecule has 1 heterocycles. The Morgan fingerprint density at radius 3 is 2.33 bits per heavy atom. The molecule has 124 valence electrons. The maximum Gasteiger partial charge on any atom is 0.112 e. The SMILES string of the molecule is OC(Cc1ccc(Cl)cc1Cl)(Cn1ccnc1)c1ccc(Cl)cc1. The van der Waals surface area contributed by atoms with E-state index in [1.807, 2.05) is 29.0 Å². The van der Waals surface area contributed by atoms with Crippen LogP contribution in [0, 0.1) is 0 Å². The molecular weight excluding hydrogens is 367 g/mol. The average molecular weight is 382 g/mol. The van der Waals surface area contributed by atoms with E-state index in [0.29, 0.717) is 28.0 Å². The van der Waals surface area contributed by atoms with Crippen molar-refractivity contribution in [1.29, 1.82) is 0 Å². The molecule has 0 radical (unpaired) electrons. The first-order chi connectivity index (χ1) is 11.5. The number of halogens is 3. The van der Waals surface area contributed by atoms with E-state index in [1.54, 1.807) is 36.8 Å². The summed E-state index contributed by atoms with van der Waals surface area (Å²) in [5, 5.41) is 13.1. The molecule has 24 heavy (non-hydrogen) atoms. The molecule has 1 N–H and O–H groups in total. The predicted molar refractivity (Wildman–Crippen MR) is 97.7 cm³/mol. The van der Waals surface area contributed by atoms with Crippen molar-refractivity contribution in [2.75, 3.05) is 0 Å². The third-order valence-electron chi connectivity index (χ3n) is 3.88. The highest BCUT2D eigenvalue weighted by atomic mass is 35.5. The van der Waals surface area contributed by atoms with Crippen LogP contribution >= 0.6 is 34.8 Å². The van der Waals surface area contributed by atoms with Gasteiger partial charge in [0.2, 0.25) is 0 Å². The van der Waals surface area contributed by atoms with Crippen molar-refractivity contribution in [1.82, 2.24) is 9.55 Å². The van der Waals surface area contributed by atoms with Gasteiger partial charge in [-0.3, -0.25) is 0 Å². The van der Waals surface area contributed by atoms with Crippen LogP contribution in [0.4, 0.5) is 0 Å². The third kappa shape index (κ3) is 3.93. The molecule has 0 fully saturated rings.